The van der Waals surface area contributed by atoms with Crippen LogP contribution in [0, 0.1) is 24.2 Å². The van der Waals surface area contributed by atoms with Crippen molar-refractivity contribution in [1.82, 2.24) is 9.97 Å². The average molecular weight is 356 g/mol. The van der Waals surface area contributed by atoms with Crippen molar-refractivity contribution in [2.45, 2.75) is 40.2 Å². The van der Waals surface area contributed by atoms with Crippen molar-refractivity contribution in [3.8, 4) is 6.07 Å². The van der Waals surface area contributed by atoms with Gasteiger partial charge in [-0.1, -0.05) is 20.8 Å². The summed E-state index contributed by atoms with van der Waals surface area (Å²) in [6.45, 7) is 7.98. The topological polar surface area (TPSA) is 103 Å². The molecule has 3 heterocycles. The number of hydrogen-bond acceptors (Lipinski definition) is 7. The third-order valence-electron chi connectivity index (χ3n) is 4.24. The summed E-state index contributed by atoms with van der Waals surface area (Å²) in [7, 11) is 0. The average Bonchev–Trinajstić information content (AvgIpc) is 2.89. The predicted molar refractivity (Wildman–Crippen MR) is 99.3 cm³/mol. The molecule has 1 aliphatic rings. The molecule has 0 aromatic carbocycles. The standard InChI is InChI=1S/C17H20N6OS/c1-5-10-9(4)25-17(11(10)6-18)23-15-13-14(19-7-20-15)21-12(8(2)3)16(24)22-13/h7-8,12H,5H2,1-4H3,(H,22,24)(H2,19,20,21,23). The van der Waals surface area contributed by atoms with Gasteiger partial charge in [0.2, 0.25) is 5.91 Å². The monoisotopic (exact) mass is 356 g/mol. The molecule has 1 amide bonds. The molecule has 1 aliphatic heterocycles. The number of carbonyl (C=O) groups is 1. The number of aryl methyl sites for hydroxylation is 1. The van der Waals surface area contributed by atoms with Gasteiger partial charge in [-0.2, -0.15) is 5.26 Å². The van der Waals surface area contributed by atoms with E-state index in [0.29, 0.717) is 22.9 Å². The van der Waals surface area contributed by atoms with E-state index in [-0.39, 0.29) is 17.9 Å². The summed E-state index contributed by atoms with van der Waals surface area (Å²) in [5.74, 6) is 1.08. The van der Waals surface area contributed by atoms with Crippen molar-refractivity contribution in [1.29, 1.82) is 5.26 Å². The fourth-order valence-corrected chi connectivity index (χ4v) is 4.00. The fraction of sp³-hybridized carbons (Fsp3) is 0.412. The van der Waals surface area contributed by atoms with E-state index in [2.05, 4.69) is 32.0 Å². The molecule has 2 aromatic heterocycles. The number of aromatic nitrogens is 2. The van der Waals surface area contributed by atoms with E-state index in [4.69, 9.17) is 0 Å². The summed E-state index contributed by atoms with van der Waals surface area (Å²) in [5, 5.41) is 19.5. The molecular weight excluding hydrogens is 336 g/mol. The van der Waals surface area contributed by atoms with Gasteiger partial charge in [-0.25, -0.2) is 9.97 Å². The lowest BCUT2D eigenvalue weighted by Crippen LogP contribution is -2.43. The van der Waals surface area contributed by atoms with Crippen LogP contribution in [-0.2, 0) is 11.2 Å². The van der Waals surface area contributed by atoms with Crippen molar-refractivity contribution in [2.75, 3.05) is 16.0 Å². The van der Waals surface area contributed by atoms with Crippen molar-refractivity contribution in [3.63, 3.8) is 0 Å². The number of fused-ring (bicyclic) bond motifs is 1. The Morgan fingerprint density at radius 1 is 1.44 bits per heavy atom. The number of carbonyl (C=O) groups excluding carboxylic acids is 1. The van der Waals surface area contributed by atoms with Gasteiger partial charge in [0.15, 0.2) is 11.6 Å². The lowest BCUT2D eigenvalue weighted by Gasteiger charge is -2.29. The predicted octanol–water partition coefficient (Wildman–Crippen LogP) is 3.41. The third-order valence-corrected chi connectivity index (χ3v) is 5.31. The second-order valence-electron chi connectivity index (χ2n) is 6.23. The second-order valence-corrected chi connectivity index (χ2v) is 7.46. The van der Waals surface area contributed by atoms with Crippen molar-refractivity contribution in [3.05, 3.63) is 22.3 Å². The molecule has 0 saturated carbocycles. The van der Waals surface area contributed by atoms with Gasteiger partial charge in [0.1, 0.15) is 29.1 Å². The molecular formula is C17H20N6OS. The maximum Gasteiger partial charge on any atom is 0.247 e. The summed E-state index contributed by atoms with van der Waals surface area (Å²) in [6.07, 6.45) is 2.24. The highest BCUT2D eigenvalue weighted by Crippen LogP contribution is 2.38. The maximum absolute atomic E-state index is 12.3. The Morgan fingerprint density at radius 2 is 2.20 bits per heavy atom. The van der Waals surface area contributed by atoms with Gasteiger partial charge in [0.05, 0.1) is 5.56 Å². The molecule has 0 fully saturated rings. The number of hydrogen-bond donors (Lipinski definition) is 3. The number of amides is 1. The highest BCUT2D eigenvalue weighted by molar-refractivity contribution is 7.16. The molecule has 0 aliphatic carbocycles. The van der Waals surface area contributed by atoms with Gasteiger partial charge in [0, 0.05) is 4.88 Å². The van der Waals surface area contributed by atoms with E-state index in [9.17, 15) is 10.1 Å². The molecule has 3 rings (SSSR count). The molecule has 0 spiro atoms. The van der Waals surface area contributed by atoms with Crippen molar-refractivity contribution in [2.24, 2.45) is 5.92 Å². The van der Waals surface area contributed by atoms with Crippen LogP contribution in [0.25, 0.3) is 0 Å². The fourth-order valence-electron chi connectivity index (χ4n) is 2.91. The summed E-state index contributed by atoms with van der Waals surface area (Å²) < 4.78 is 0. The minimum atomic E-state index is -0.333. The Morgan fingerprint density at radius 3 is 2.84 bits per heavy atom. The summed E-state index contributed by atoms with van der Waals surface area (Å²) >= 11 is 1.51. The highest BCUT2D eigenvalue weighted by Gasteiger charge is 2.31. The Hall–Kier alpha value is -2.66. The molecule has 25 heavy (non-hydrogen) atoms. The zero-order valence-corrected chi connectivity index (χ0v) is 15.4. The second kappa shape index (κ2) is 6.69. The summed E-state index contributed by atoms with van der Waals surface area (Å²) in [6, 6.07) is 1.94. The first kappa shape index (κ1) is 17.2. The van der Waals surface area contributed by atoms with Gasteiger partial charge in [-0.05, 0) is 24.8 Å². The molecule has 2 aromatic rings. The normalized spacial score (nSPS) is 16.0. The number of nitriles is 1. The van der Waals surface area contributed by atoms with Gasteiger partial charge in [-0.3, -0.25) is 4.79 Å². The first-order valence-electron chi connectivity index (χ1n) is 8.18. The number of rotatable bonds is 4. The molecule has 7 nitrogen and oxygen atoms in total. The van der Waals surface area contributed by atoms with Crippen LogP contribution in [0.3, 0.4) is 0 Å². The molecule has 1 atom stereocenters. The van der Waals surface area contributed by atoms with Crippen molar-refractivity contribution >= 4 is 39.6 Å². The van der Waals surface area contributed by atoms with Gasteiger partial charge in [0.25, 0.3) is 0 Å². The van der Waals surface area contributed by atoms with Crippen LogP contribution in [0.5, 0.6) is 0 Å². The van der Waals surface area contributed by atoms with Gasteiger partial charge < -0.3 is 16.0 Å². The molecule has 0 saturated heterocycles. The van der Waals surface area contributed by atoms with Crippen molar-refractivity contribution < 1.29 is 4.79 Å². The largest absolute Gasteiger partial charge is 0.356 e. The Kier molecular flexibility index (Phi) is 4.59. The number of nitrogens with one attached hydrogen (secondary N) is 3. The Labute approximate surface area is 150 Å². The van der Waals surface area contributed by atoms with E-state index in [0.717, 1.165) is 21.9 Å². The minimum absolute atomic E-state index is 0.113. The van der Waals surface area contributed by atoms with E-state index in [1.807, 2.05) is 27.7 Å². The number of nitrogens with zero attached hydrogens (tertiary/aromatic N) is 3. The van der Waals surface area contributed by atoms with E-state index < -0.39 is 0 Å². The van der Waals surface area contributed by atoms with Crippen LogP contribution in [0.4, 0.5) is 22.3 Å². The zero-order valence-electron chi connectivity index (χ0n) is 14.6. The zero-order chi connectivity index (χ0) is 18.1. The first-order valence-corrected chi connectivity index (χ1v) is 8.99. The van der Waals surface area contributed by atoms with Crippen LogP contribution < -0.4 is 16.0 Å². The van der Waals surface area contributed by atoms with Crippen LogP contribution >= 0.6 is 11.3 Å². The smallest absolute Gasteiger partial charge is 0.247 e. The summed E-state index contributed by atoms with van der Waals surface area (Å²) in [5.41, 5.74) is 2.19. The first-order chi connectivity index (χ1) is 12.0. The maximum atomic E-state index is 12.3. The van der Waals surface area contributed by atoms with E-state index in [1.54, 1.807) is 0 Å². The van der Waals surface area contributed by atoms with E-state index in [1.165, 1.54) is 17.7 Å². The molecule has 0 radical (unpaired) electrons. The number of thiophene rings is 1. The Balaban J connectivity index is 1.98. The highest BCUT2D eigenvalue weighted by atomic mass is 32.1. The minimum Gasteiger partial charge on any atom is -0.356 e. The molecule has 0 bridgehead atoms. The van der Waals surface area contributed by atoms with Gasteiger partial charge in [-0.15, -0.1) is 11.3 Å². The lowest BCUT2D eigenvalue weighted by atomic mass is 10.0. The van der Waals surface area contributed by atoms with E-state index >= 15 is 0 Å². The molecule has 3 N–H and O–H groups in total. The Bertz CT molecular complexity index is 867. The van der Waals surface area contributed by atoms with Crippen LogP contribution in [0.2, 0.25) is 0 Å². The van der Waals surface area contributed by atoms with Crippen LogP contribution in [0.1, 0.15) is 36.8 Å². The van der Waals surface area contributed by atoms with Crippen LogP contribution in [0.15, 0.2) is 6.33 Å². The summed E-state index contributed by atoms with van der Waals surface area (Å²) in [4.78, 5) is 21.9. The molecule has 130 valence electrons. The molecule has 1 unspecified atom stereocenters. The van der Waals surface area contributed by atoms with Crippen LogP contribution in [-0.4, -0.2) is 21.9 Å². The lowest BCUT2D eigenvalue weighted by molar-refractivity contribution is -0.117. The van der Waals surface area contributed by atoms with Gasteiger partial charge >= 0.3 is 0 Å². The molecule has 8 heteroatoms. The quantitative estimate of drug-likeness (QED) is 0.776. The third kappa shape index (κ3) is 3.03. The SMILES string of the molecule is CCc1c(C)sc(Nc2ncnc3c2NC(=O)C(C(C)C)N3)c1C#N. The number of anilines is 4.